The minimum atomic E-state index is 0.260. The first-order valence-electron chi connectivity index (χ1n) is 9.05. The predicted octanol–water partition coefficient (Wildman–Crippen LogP) is 4.95. The Morgan fingerprint density at radius 3 is 2.68 bits per heavy atom. The Balaban J connectivity index is 2.03. The Labute approximate surface area is 150 Å². The molecule has 0 aliphatic heterocycles. The van der Waals surface area contributed by atoms with E-state index in [0.717, 1.165) is 36.4 Å². The van der Waals surface area contributed by atoms with Crippen molar-refractivity contribution in [2.24, 2.45) is 5.41 Å². The van der Waals surface area contributed by atoms with E-state index in [4.69, 9.17) is 4.42 Å². The lowest BCUT2D eigenvalue weighted by atomic mass is 9.75. The predicted molar refractivity (Wildman–Crippen MR) is 104 cm³/mol. The van der Waals surface area contributed by atoms with E-state index in [1.54, 1.807) is 0 Å². The number of hydrogen-bond acceptors (Lipinski definition) is 2. The summed E-state index contributed by atoms with van der Waals surface area (Å²) in [5.74, 6) is 0.934. The van der Waals surface area contributed by atoms with Crippen LogP contribution in [0.15, 0.2) is 58.2 Å². The van der Waals surface area contributed by atoms with Gasteiger partial charge in [0.1, 0.15) is 6.54 Å². The quantitative estimate of drug-likeness (QED) is 0.736. The van der Waals surface area contributed by atoms with Crippen LogP contribution in [0.2, 0.25) is 0 Å². The molecular weight excluding hydrogens is 308 g/mol. The van der Waals surface area contributed by atoms with Crippen LogP contribution in [0.5, 0.6) is 0 Å². The standard InChI is InChI=1S/C22H29N2O/c1-6-24-19-9-7-8-10-20(19)25-21(24)14-18-13-17(11-12-23(4)5)15-22(2,3)16-18/h7-14H,6,15-16H2,1-5H3/q+1. The zero-order valence-corrected chi connectivity index (χ0v) is 16.0. The molecule has 0 fully saturated rings. The first kappa shape index (κ1) is 17.5. The molecule has 1 aromatic carbocycles. The molecule has 132 valence electrons. The number of oxazole rings is 1. The number of para-hydroxylation sites is 2. The number of aryl methyl sites for hydroxylation is 1. The highest BCUT2D eigenvalue weighted by Gasteiger charge is 2.26. The highest BCUT2D eigenvalue weighted by molar-refractivity contribution is 5.70. The minimum Gasteiger partial charge on any atom is -0.398 e. The van der Waals surface area contributed by atoms with Crippen LogP contribution in [0, 0.1) is 5.41 Å². The van der Waals surface area contributed by atoms with Crippen LogP contribution in [0.25, 0.3) is 17.2 Å². The third-order valence-corrected chi connectivity index (χ3v) is 4.58. The second kappa shape index (κ2) is 6.91. The van der Waals surface area contributed by atoms with Crippen molar-refractivity contribution in [2.75, 3.05) is 14.1 Å². The summed E-state index contributed by atoms with van der Waals surface area (Å²) in [7, 11) is 4.11. The zero-order valence-electron chi connectivity index (χ0n) is 16.0. The van der Waals surface area contributed by atoms with E-state index in [1.165, 1.54) is 11.1 Å². The normalized spacial score (nSPS) is 18.9. The number of allylic oxidation sites excluding steroid dienone is 4. The highest BCUT2D eigenvalue weighted by atomic mass is 16.3. The second-order valence-electron chi connectivity index (χ2n) is 7.89. The SMILES string of the molecule is CC[n+]1c(/C=C2C=C(/C=C/N(C)C)CC(C)(C)C/2)oc2ccccc21. The second-order valence-corrected chi connectivity index (χ2v) is 7.89. The maximum Gasteiger partial charge on any atom is 0.374 e. The molecule has 0 atom stereocenters. The monoisotopic (exact) mass is 337 g/mol. The molecule has 1 heterocycles. The van der Waals surface area contributed by atoms with Gasteiger partial charge in [-0.1, -0.05) is 32.1 Å². The molecular formula is C22H29N2O+. The Morgan fingerprint density at radius 2 is 1.96 bits per heavy atom. The largest absolute Gasteiger partial charge is 0.398 e. The molecule has 1 aliphatic rings. The van der Waals surface area contributed by atoms with Crippen LogP contribution in [0.1, 0.15) is 39.5 Å². The molecule has 0 bridgehead atoms. The van der Waals surface area contributed by atoms with Gasteiger partial charge in [-0.15, -0.1) is 0 Å². The molecule has 0 N–H and O–H groups in total. The van der Waals surface area contributed by atoms with Crippen molar-refractivity contribution in [3.05, 3.63) is 59.7 Å². The van der Waals surface area contributed by atoms with Gasteiger partial charge in [-0.05, 0) is 54.7 Å². The molecule has 3 heteroatoms. The molecule has 3 nitrogen and oxygen atoms in total. The lowest BCUT2D eigenvalue weighted by Crippen LogP contribution is -2.33. The van der Waals surface area contributed by atoms with Gasteiger partial charge in [0.2, 0.25) is 5.58 Å². The summed E-state index contributed by atoms with van der Waals surface area (Å²) < 4.78 is 8.37. The Kier molecular flexibility index (Phi) is 4.85. The molecule has 0 unspecified atom stereocenters. The van der Waals surface area contributed by atoms with Crippen molar-refractivity contribution < 1.29 is 8.98 Å². The van der Waals surface area contributed by atoms with Gasteiger partial charge in [0, 0.05) is 20.2 Å². The number of benzene rings is 1. The Hall–Kier alpha value is -2.29. The molecule has 0 saturated heterocycles. The van der Waals surface area contributed by atoms with E-state index in [-0.39, 0.29) is 5.41 Å². The van der Waals surface area contributed by atoms with Crippen LogP contribution in [0.3, 0.4) is 0 Å². The molecule has 2 aromatic rings. The van der Waals surface area contributed by atoms with E-state index in [1.807, 2.05) is 12.1 Å². The van der Waals surface area contributed by atoms with Crippen LogP contribution in [-0.4, -0.2) is 19.0 Å². The smallest absolute Gasteiger partial charge is 0.374 e. The number of nitrogens with zero attached hydrogens (tertiary/aromatic N) is 2. The minimum absolute atomic E-state index is 0.260. The fourth-order valence-electron chi connectivity index (χ4n) is 3.60. The van der Waals surface area contributed by atoms with Gasteiger partial charge in [-0.25, -0.2) is 0 Å². The molecule has 25 heavy (non-hydrogen) atoms. The summed E-state index contributed by atoms with van der Waals surface area (Å²) in [5, 5.41) is 0. The van der Waals surface area contributed by atoms with Crippen molar-refractivity contribution in [1.29, 1.82) is 0 Å². The fourth-order valence-corrected chi connectivity index (χ4v) is 3.60. The molecule has 0 saturated carbocycles. The van der Waals surface area contributed by atoms with Gasteiger partial charge in [-0.2, -0.15) is 4.57 Å². The Bertz CT molecular complexity index is 850. The zero-order chi connectivity index (χ0) is 18.0. The maximum absolute atomic E-state index is 6.13. The number of rotatable bonds is 4. The summed E-state index contributed by atoms with van der Waals surface area (Å²) in [6.07, 6.45) is 11.0. The van der Waals surface area contributed by atoms with E-state index < -0.39 is 0 Å². The van der Waals surface area contributed by atoms with E-state index in [2.05, 4.69) is 80.9 Å². The fraction of sp³-hybridized carbons (Fsp3) is 0.409. The van der Waals surface area contributed by atoms with Gasteiger partial charge in [0.15, 0.2) is 0 Å². The molecule has 1 aliphatic carbocycles. The van der Waals surface area contributed by atoms with Crippen molar-refractivity contribution in [1.82, 2.24) is 4.90 Å². The average Bonchev–Trinajstić information content (AvgIpc) is 2.88. The van der Waals surface area contributed by atoms with Crippen molar-refractivity contribution in [2.45, 2.75) is 40.2 Å². The third kappa shape index (κ3) is 4.04. The summed E-state index contributed by atoms with van der Waals surface area (Å²) >= 11 is 0. The van der Waals surface area contributed by atoms with Gasteiger partial charge in [-0.3, -0.25) is 0 Å². The van der Waals surface area contributed by atoms with E-state index >= 15 is 0 Å². The molecule has 1 aromatic heterocycles. The summed E-state index contributed by atoms with van der Waals surface area (Å²) in [6.45, 7) is 7.74. The van der Waals surface area contributed by atoms with Crippen LogP contribution in [-0.2, 0) is 6.54 Å². The number of aromatic nitrogens is 1. The first-order valence-corrected chi connectivity index (χ1v) is 9.05. The van der Waals surface area contributed by atoms with Crippen molar-refractivity contribution >= 4 is 17.2 Å². The van der Waals surface area contributed by atoms with Crippen LogP contribution < -0.4 is 4.57 Å². The van der Waals surface area contributed by atoms with Crippen LogP contribution >= 0.6 is 0 Å². The topological polar surface area (TPSA) is 20.3 Å². The maximum atomic E-state index is 6.13. The van der Waals surface area contributed by atoms with Gasteiger partial charge < -0.3 is 9.32 Å². The number of fused-ring (bicyclic) bond motifs is 1. The molecule has 0 radical (unpaired) electrons. The van der Waals surface area contributed by atoms with Crippen molar-refractivity contribution in [3.8, 4) is 0 Å². The number of hydrogen-bond donors (Lipinski definition) is 0. The van der Waals surface area contributed by atoms with Gasteiger partial charge in [0.25, 0.3) is 5.52 Å². The summed E-state index contributed by atoms with van der Waals surface area (Å²) in [6, 6.07) is 8.25. The third-order valence-electron chi connectivity index (χ3n) is 4.58. The lowest BCUT2D eigenvalue weighted by molar-refractivity contribution is -0.674. The molecule has 0 spiro atoms. The van der Waals surface area contributed by atoms with Gasteiger partial charge in [0.05, 0.1) is 6.08 Å². The first-order chi connectivity index (χ1) is 11.9. The Morgan fingerprint density at radius 1 is 1.20 bits per heavy atom. The molecule has 3 rings (SSSR count). The van der Waals surface area contributed by atoms with Crippen molar-refractivity contribution in [3.63, 3.8) is 0 Å². The average molecular weight is 337 g/mol. The van der Waals surface area contributed by atoms with E-state index in [0.29, 0.717) is 0 Å². The van der Waals surface area contributed by atoms with E-state index in [9.17, 15) is 0 Å². The summed E-state index contributed by atoms with van der Waals surface area (Å²) in [4.78, 5) is 2.08. The summed E-state index contributed by atoms with van der Waals surface area (Å²) in [5.41, 5.74) is 5.06. The van der Waals surface area contributed by atoms with Crippen LogP contribution in [0.4, 0.5) is 0 Å². The molecule has 0 amide bonds. The highest BCUT2D eigenvalue weighted by Crippen LogP contribution is 2.39. The lowest BCUT2D eigenvalue weighted by Gasteiger charge is -2.30. The van der Waals surface area contributed by atoms with Gasteiger partial charge >= 0.3 is 5.89 Å².